The number of amides is 2. The molecule has 0 spiro atoms. The van der Waals surface area contributed by atoms with Crippen molar-refractivity contribution in [2.24, 2.45) is 0 Å². The molecule has 6 nitrogen and oxygen atoms in total. The highest BCUT2D eigenvalue weighted by molar-refractivity contribution is 6.43. The van der Waals surface area contributed by atoms with Gasteiger partial charge in [0.25, 0.3) is 11.8 Å². The van der Waals surface area contributed by atoms with Crippen molar-refractivity contribution in [3.63, 3.8) is 0 Å². The van der Waals surface area contributed by atoms with Crippen LogP contribution in [-0.4, -0.2) is 43.3 Å². The standard InChI is InChI=1S/C21H19NO5/c1-26-17-10-8-14(12-18(17)27-2)9-11-19(23)22-13-16(20(24)21(22)25)15-6-4-3-5-7-15/h3-12,16H,13H2,1-2H3/b11-9+/t16-/m0/s1. The molecular weight excluding hydrogens is 346 g/mol. The molecule has 1 saturated heterocycles. The topological polar surface area (TPSA) is 72.9 Å². The number of hydrogen-bond acceptors (Lipinski definition) is 5. The largest absolute Gasteiger partial charge is 0.493 e. The molecule has 6 heteroatoms. The van der Waals surface area contributed by atoms with Gasteiger partial charge < -0.3 is 9.47 Å². The van der Waals surface area contributed by atoms with Gasteiger partial charge in [0, 0.05) is 12.6 Å². The number of likely N-dealkylation sites (tertiary alicyclic amines) is 1. The van der Waals surface area contributed by atoms with Gasteiger partial charge in [-0.1, -0.05) is 36.4 Å². The molecule has 0 radical (unpaired) electrons. The Bertz CT molecular complexity index is 904. The van der Waals surface area contributed by atoms with E-state index in [-0.39, 0.29) is 6.54 Å². The third-order valence-electron chi connectivity index (χ3n) is 4.43. The molecular formula is C21H19NO5. The first-order valence-corrected chi connectivity index (χ1v) is 8.40. The first kappa shape index (κ1) is 18.4. The van der Waals surface area contributed by atoms with Gasteiger partial charge in [0.1, 0.15) is 0 Å². The molecule has 0 unspecified atom stereocenters. The summed E-state index contributed by atoms with van der Waals surface area (Å²) in [5, 5.41) is 0. The average Bonchev–Trinajstić information content (AvgIpc) is 3.01. The highest BCUT2D eigenvalue weighted by Crippen LogP contribution is 2.28. The maximum atomic E-state index is 12.4. The first-order chi connectivity index (χ1) is 13.0. The fourth-order valence-electron chi connectivity index (χ4n) is 2.98. The van der Waals surface area contributed by atoms with E-state index in [4.69, 9.17) is 9.47 Å². The lowest BCUT2D eigenvalue weighted by Gasteiger charge is -2.11. The van der Waals surface area contributed by atoms with E-state index >= 15 is 0 Å². The molecule has 0 aliphatic carbocycles. The van der Waals surface area contributed by atoms with Crippen molar-refractivity contribution in [2.45, 2.75) is 5.92 Å². The van der Waals surface area contributed by atoms with Crippen LogP contribution in [0.1, 0.15) is 17.0 Å². The van der Waals surface area contributed by atoms with E-state index < -0.39 is 23.5 Å². The molecule has 27 heavy (non-hydrogen) atoms. The summed E-state index contributed by atoms with van der Waals surface area (Å²) in [6.45, 7) is 0.0524. The third kappa shape index (κ3) is 3.74. The van der Waals surface area contributed by atoms with Crippen molar-refractivity contribution in [3.05, 3.63) is 65.7 Å². The van der Waals surface area contributed by atoms with Gasteiger partial charge in [0.2, 0.25) is 5.78 Å². The predicted molar refractivity (Wildman–Crippen MR) is 99.5 cm³/mol. The Labute approximate surface area is 157 Å². The monoisotopic (exact) mass is 365 g/mol. The summed E-state index contributed by atoms with van der Waals surface area (Å²) in [5.74, 6) is -1.37. The number of imide groups is 1. The lowest BCUT2D eigenvalue weighted by molar-refractivity contribution is -0.145. The Morgan fingerprint density at radius 3 is 2.41 bits per heavy atom. The second kappa shape index (κ2) is 7.86. The Morgan fingerprint density at radius 1 is 1.04 bits per heavy atom. The van der Waals surface area contributed by atoms with Crippen molar-refractivity contribution in [1.82, 2.24) is 4.90 Å². The zero-order valence-corrected chi connectivity index (χ0v) is 15.0. The number of rotatable bonds is 5. The number of carbonyl (C=O) groups excluding carboxylic acids is 3. The van der Waals surface area contributed by atoms with Crippen molar-refractivity contribution >= 4 is 23.7 Å². The summed E-state index contributed by atoms with van der Waals surface area (Å²) < 4.78 is 10.4. The van der Waals surface area contributed by atoms with Crippen molar-refractivity contribution in [2.75, 3.05) is 20.8 Å². The Morgan fingerprint density at radius 2 is 1.74 bits per heavy atom. The van der Waals surface area contributed by atoms with Gasteiger partial charge in [-0.15, -0.1) is 0 Å². The van der Waals surface area contributed by atoms with Crippen LogP contribution >= 0.6 is 0 Å². The molecule has 2 aromatic carbocycles. The number of benzene rings is 2. The van der Waals surface area contributed by atoms with Gasteiger partial charge in [0.15, 0.2) is 11.5 Å². The molecule has 2 aromatic rings. The Kier molecular flexibility index (Phi) is 5.35. The van der Waals surface area contributed by atoms with Gasteiger partial charge in [0.05, 0.1) is 20.1 Å². The van der Waals surface area contributed by atoms with E-state index in [0.29, 0.717) is 17.1 Å². The number of nitrogens with zero attached hydrogens (tertiary/aromatic N) is 1. The number of ether oxygens (including phenoxy) is 2. The fraction of sp³-hybridized carbons (Fsp3) is 0.190. The van der Waals surface area contributed by atoms with E-state index in [2.05, 4.69) is 0 Å². The second-order valence-corrected chi connectivity index (χ2v) is 6.03. The predicted octanol–water partition coefficient (Wildman–Crippen LogP) is 2.44. The number of methoxy groups -OCH3 is 2. The van der Waals surface area contributed by atoms with E-state index in [1.54, 1.807) is 48.5 Å². The zero-order chi connectivity index (χ0) is 19.4. The van der Waals surface area contributed by atoms with Crippen LogP contribution in [0.2, 0.25) is 0 Å². The summed E-state index contributed by atoms with van der Waals surface area (Å²) in [7, 11) is 3.06. The van der Waals surface area contributed by atoms with Gasteiger partial charge in [-0.25, -0.2) is 0 Å². The van der Waals surface area contributed by atoms with Crippen molar-refractivity contribution in [3.8, 4) is 11.5 Å². The zero-order valence-electron chi connectivity index (χ0n) is 15.0. The average molecular weight is 365 g/mol. The fourth-order valence-corrected chi connectivity index (χ4v) is 2.98. The molecule has 1 fully saturated rings. The number of Topliss-reactive ketones (excluding diaryl/α,β-unsaturated/α-hetero) is 1. The van der Waals surface area contributed by atoms with Gasteiger partial charge in [-0.3, -0.25) is 19.3 Å². The van der Waals surface area contributed by atoms with E-state index in [1.807, 2.05) is 6.07 Å². The molecule has 0 aromatic heterocycles. The third-order valence-corrected chi connectivity index (χ3v) is 4.43. The molecule has 0 saturated carbocycles. The molecule has 0 N–H and O–H groups in total. The lowest BCUT2D eigenvalue weighted by atomic mass is 9.97. The summed E-state index contributed by atoms with van der Waals surface area (Å²) in [5.41, 5.74) is 1.44. The number of hydrogen-bond donors (Lipinski definition) is 0. The minimum Gasteiger partial charge on any atom is -0.493 e. The van der Waals surface area contributed by atoms with Crippen molar-refractivity contribution < 1.29 is 23.9 Å². The molecule has 1 atom stereocenters. The van der Waals surface area contributed by atoms with E-state index in [0.717, 1.165) is 10.5 Å². The van der Waals surface area contributed by atoms with Crippen LogP contribution in [0.25, 0.3) is 6.08 Å². The van der Waals surface area contributed by atoms with Crippen LogP contribution in [-0.2, 0) is 14.4 Å². The summed E-state index contributed by atoms with van der Waals surface area (Å²) in [4.78, 5) is 37.9. The van der Waals surface area contributed by atoms with Crippen LogP contribution in [0.5, 0.6) is 11.5 Å². The maximum absolute atomic E-state index is 12.4. The molecule has 138 valence electrons. The van der Waals surface area contributed by atoms with Gasteiger partial charge in [-0.2, -0.15) is 0 Å². The highest BCUT2D eigenvalue weighted by atomic mass is 16.5. The minimum absolute atomic E-state index is 0.0524. The molecule has 0 bridgehead atoms. The summed E-state index contributed by atoms with van der Waals surface area (Å²) in [6, 6.07) is 14.2. The van der Waals surface area contributed by atoms with Crippen LogP contribution in [0.4, 0.5) is 0 Å². The SMILES string of the molecule is COc1ccc(/C=C/C(=O)N2C[C@@H](c3ccccc3)C(=O)C2=O)cc1OC. The highest BCUT2D eigenvalue weighted by Gasteiger charge is 2.41. The van der Waals surface area contributed by atoms with Crippen molar-refractivity contribution in [1.29, 1.82) is 0 Å². The Balaban J connectivity index is 1.75. The van der Waals surface area contributed by atoms with E-state index in [1.165, 1.54) is 20.3 Å². The minimum atomic E-state index is -0.772. The maximum Gasteiger partial charge on any atom is 0.297 e. The molecule has 2 amide bonds. The molecule has 1 aliphatic heterocycles. The molecule has 3 rings (SSSR count). The van der Waals surface area contributed by atoms with E-state index in [9.17, 15) is 14.4 Å². The number of carbonyl (C=O) groups is 3. The van der Waals surface area contributed by atoms with Crippen LogP contribution in [0, 0.1) is 0 Å². The molecule has 1 aliphatic rings. The Hall–Kier alpha value is -3.41. The second-order valence-electron chi connectivity index (χ2n) is 6.03. The lowest BCUT2D eigenvalue weighted by Crippen LogP contribution is -2.32. The summed E-state index contributed by atoms with van der Waals surface area (Å²) >= 11 is 0. The quantitative estimate of drug-likeness (QED) is 0.601. The normalized spacial score (nSPS) is 16.8. The molecule has 1 heterocycles. The van der Waals surface area contributed by atoms with Crippen LogP contribution in [0.15, 0.2) is 54.6 Å². The number of ketones is 1. The van der Waals surface area contributed by atoms with Crippen LogP contribution in [0.3, 0.4) is 0 Å². The first-order valence-electron chi connectivity index (χ1n) is 8.40. The van der Waals surface area contributed by atoms with Gasteiger partial charge >= 0.3 is 0 Å². The smallest absolute Gasteiger partial charge is 0.297 e. The van der Waals surface area contributed by atoms with Crippen LogP contribution < -0.4 is 9.47 Å². The summed E-state index contributed by atoms with van der Waals surface area (Å²) in [6.07, 6.45) is 2.84. The van der Waals surface area contributed by atoms with Gasteiger partial charge in [-0.05, 0) is 29.3 Å².